The Morgan fingerprint density at radius 1 is 1.70 bits per heavy atom. The summed E-state index contributed by atoms with van der Waals surface area (Å²) in [6.07, 6.45) is 3.02. The summed E-state index contributed by atoms with van der Waals surface area (Å²) in [7, 11) is 0. The summed E-state index contributed by atoms with van der Waals surface area (Å²) in [5, 5.41) is 1.34. The Morgan fingerprint density at radius 2 is 2.30 bits per heavy atom. The smallest absolute Gasteiger partial charge is 0.239 e. The highest BCUT2D eigenvalue weighted by Crippen LogP contribution is 2.30. The number of hydrogen-bond acceptors (Lipinski definition) is 2. The normalized spacial score (nSPS) is 17.0. The van der Waals surface area contributed by atoms with Crippen LogP contribution < -0.4 is 5.84 Å². The van der Waals surface area contributed by atoms with Gasteiger partial charge in [0.05, 0.1) is 0 Å². The predicted octanol–water partition coefficient (Wildman–Crippen LogP) is 0.509. The first-order valence-corrected chi connectivity index (χ1v) is 3.81. The Morgan fingerprint density at radius 3 is 2.70 bits per heavy atom. The van der Waals surface area contributed by atoms with Gasteiger partial charge < -0.3 is 0 Å². The van der Waals surface area contributed by atoms with Crippen molar-refractivity contribution in [1.29, 1.82) is 0 Å². The van der Waals surface area contributed by atoms with Crippen LogP contribution in [0.25, 0.3) is 0 Å². The maximum atomic E-state index is 11.1. The molecule has 0 spiro atoms. The van der Waals surface area contributed by atoms with Gasteiger partial charge in [-0.25, -0.2) is 5.84 Å². The molecule has 0 heterocycles. The van der Waals surface area contributed by atoms with Crippen LogP contribution in [0.2, 0.25) is 0 Å². The van der Waals surface area contributed by atoms with Gasteiger partial charge in [0.2, 0.25) is 5.91 Å². The molecule has 2 N–H and O–H groups in total. The van der Waals surface area contributed by atoms with Crippen LogP contribution in [0.5, 0.6) is 0 Å². The molecule has 10 heavy (non-hydrogen) atoms. The zero-order valence-electron chi connectivity index (χ0n) is 6.34. The number of carbonyl (C=O) groups is 1. The molecule has 0 unspecified atom stereocenters. The number of hydrazine groups is 1. The molecule has 0 bridgehead atoms. The zero-order valence-corrected chi connectivity index (χ0v) is 6.34. The molecule has 0 aliphatic heterocycles. The quantitative estimate of drug-likeness (QED) is 0.354. The van der Waals surface area contributed by atoms with Crippen LogP contribution in [0.4, 0.5) is 0 Å². The second-order valence-corrected chi connectivity index (χ2v) is 2.81. The monoisotopic (exact) mass is 142 g/mol. The number of nitrogens with two attached hydrogens (primary N) is 1. The van der Waals surface area contributed by atoms with E-state index in [0.29, 0.717) is 6.54 Å². The van der Waals surface area contributed by atoms with Crippen LogP contribution in [0, 0.1) is 5.92 Å². The lowest BCUT2D eigenvalue weighted by Gasteiger charge is -2.14. The van der Waals surface area contributed by atoms with Crippen molar-refractivity contribution in [2.24, 2.45) is 11.8 Å². The average molecular weight is 142 g/mol. The molecule has 1 amide bonds. The Kier molecular flexibility index (Phi) is 2.27. The third-order valence-electron chi connectivity index (χ3n) is 1.67. The van der Waals surface area contributed by atoms with Crippen LogP contribution in [0.1, 0.15) is 26.2 Å². The first-order valence-electron chi connectivity index (χ1n) is 3.81. The van der Waals surface area contributed by atoms with Crippen LogP contribution in [0.3, 0.4) is 0 Å². The Balaban J connectivity index is 2.24. The molecular weight excluding hydrogens is 128 g/mol. The first kappa shape index (κ1) is 7.54. The fourth-order valence-electron chi connectivity index (χ4n) is 0.916. The van der Waals surface area contributed by atoms with Gasteiger partial charge in [0, 0.05) is 12.5 Å². The molecule has 1 aliphatic carbocycles. The van der Waals surface area contributed by atoms with Crippen molar-refractivity contribution < 1.29 is 4.79 Å². The van der Waals surface area contributed by atoms with Crippen molar-refractivity contribution in [1.82, 2.24) is 5.01 Å². The number of carbonyl (C=O) groups excluding carboxylic acids is 1. The van der Waals surface area contributed by atoms with Crippen molar-refractivity contribution in [3.8, 4) is 0 Å². The van der Waals surface area contributed by atoms with Gasteiger partial charge in [-0.05, 0) is 19.3 Å². The molecular formula is C7H14N2O. The Labute approximate surface area is 61.2 Å². The summed E-state index contributed by atoms with van der Waals surface area (Å²) in [5.41, 5.74) is 0. The lowest BCUT2D eigenvalue weighted by atomic mass is 10.3. The third-order valence-corrected chi connectivity index (χ3v) is 1.67. The van der Waals surface area contributed by atoms with Gasteiger partial charge >= 0.3 is 0 Å². The van der Waals surface area contributed by atoms with E-state index in [1.165, 1.54) is 5.01 Å². The molecule has 0 aromatic rings. The topological polar surface area (TPSA) is 46.3 Å². The van der Waals surface area contributed by atoms with Crippen LogP contribution in [-0.4, -0.2) is 17.5 Å². The highest BCUT2D eigenvalue weighted by molar-refractivity contribution is 5.80. The van der Waals surface area contributed by atoms with E-state index >= 15 is 0 Å². The standard InChI is InChI=1S/C7H14N2O/c1-2-5-9(8)7(10)6-3-4-6/h6H,2-5,8H2,1H3. The van der Waals surface area contributed by atoms with Gasteiger partial charge in [-0.2, -0.15) is 0 Å². The fraction of sp³-hybridized carbons (Fsp3) is 0.857. The molecule has 1 saturated carbocycles. The lowest BCUT2D eigenvalue weighted by Crippen LogP contribution is -2.38. The zero-order chi connectivity index (χ0) is 7.56. The number of nitrogens with zero attached hydrogens (tertiary/aromatic N) is 1. The van der Waals surface area contributed by atoms with E-state index in [-0.39, 0.29) is 11.8 Å². The van der Waals surface area contributed by atoms with Crippen molar-refractivity contribution >= 4 is 5.91 Å². The van der Waals surface area contributed by atoms with Gasteiger partial charge in [-0.1, -0.05) is 6.92 Å². The number of hydrogen-bond donors (Lipinski definition) is 1. The van der Waals surface area contributed by atoms with Crippen molar-refractivity contribution in [3.63, 3.8) is 0 Å². The minimum Gasteiger partial charge on any atom is -0.280 e. The summed E-state index contributed by atoms with van der Waals surface area (Å²) >= 11 is 0. The molecule has 1 aliphatic rings. The van der Waals surface area contributed by atoms with E-state index in [2.05, 4.69) is 0 Å². The molecule has 0 saturated heterocycles. The number of rotatable bonds is 3. The maximum absolute atomic E-state index is 11.1. The minimum absolute atomic E-state index is 0.127. The molecule has 3 heteroatoms. The van der Waals surface area contributed by atoms with Crippen LogP contribution >= 0.6 is 0 Å². The van der Waals surface area contributed by atoms with E-state index < -0.39 is 0 Å². The molecule has 3 nitrogen and oxygen atoms in total. The second kappa shape index (κ2) is 3.01. The second-order valence-electron chi connectivity index (χ2n) is 2.81. The summed E-state index contributed by atoms with van der Waals surface area (Å²) in [4.78, 5) is 11.1. The van der Waals surface area contributed by atoms with Gasteiger partial charge in [0.15, 0.2) is 0 Å². The third kappa shape index (κ3) is 1.70. The highest BCUT2D eigenvalue weighted by Gasteiger charge is 2.31. The first-order chi connectivity index (χ1) is 4.75. The highest BCUT2D eigenvalue weighted by atomic mass is 16.2. The predicted molar refractivity (Wildman–Crippen MR) is 38.9 cm³/mol. The van der Waals surface area contributed by atoms with Gasteiger partial charge in [-0.3, -0.25) is 9.80 Å². The summed E-state index contributed by atoms with van der Waals surface area (Å²) < 4.78 is 0. The molecule has 0 aromatic heterocycles. The van der Waals surface area contributed by atoms with Crippen LogP contribution in [0.15, 0.2) is 0 Å². The summed E-state index contributed by atoms with van der Waals surface area (Å²) in [5.74, 6) is 5.84. The van der Waals surface area contributed by atoms with E-state index in [9.17, 15) is 4.79 Å². The number of amides is 1. The van der Waals surface area contributed by atoms with Crippen LogP contribution in [-0.2, 0) is 4.79 Å². The average Bonchev–Trinajstić information content (AvgIpc) is 2.68. The molecule has 1 fully saturated rings. The van der Waals surface area contributed by atoms with E-state index in [0.717, 1.165) is 19.3 Å². The van der Waals surface area contributed by atoms with E-state index in [4.69, 9.17) is 5.84 Å². The maximum Gasteiger partial charge on any atom is 0.239 e. The summed E-state index contributed by atoms with van der Waals surface area (Å²) in [6.45, 7) is 2.70. The molecule has 1 rings (SSSR count). The SMILES string of the molecule is CCCN(N)C(=O)C1CC1. The van der Waals surface area contributed by atoms with Crippen molar-refractivity contribution in [2.45, 2.75) is 26.2 Å². The largest absolute Gasteiger partial charge is 0.280 e. The van der Waals surface area contributed by atoms with E-state index in [1.807, 2.05) is 6.92 Å². The Hall–Kier alpha value is -0.570. The minimum atomic E-state index is 0.127. The molecule has 0 aromatic carbocycles. The van der Waals surface area contributed by atoms with Gasteiger partial charge in [0.25, 0.3) is 0 Å². The molecule has 0 atom stereocenters. The molecule has 0 radical (unpaired) electrons. The molecule has 58 valence electrons. The fourth-order valence-corrected chi connectivity index (χ4v) is 0.916. The Bertz CT molecular complexity index is 132. The van der Waals surface area contributed by atoms with E-state index in [1.54, 1.807) is 0 Å². The lowest BCUT2D eigenvalue weighted by molar-refractivity contribution is -0.132. The van der Waals surface area contributed by atoms with Crippen molar-refractivity contribution in [2.75, 3.05) is 6.54 Å². The van der Waals surface area contributed by atoms with Gasteiger partial charge in [0.1, 0.15) is 0 Å². The van der Waals surface area contributed by atoms with Crippen molar-refractivity contribution in [3.05, 3.63) is 0 Å². The summed E-state index contributed by atoms with van der Waals surface area (Å²) in [6, 6.07) is 0. The van der Waals surface area contributed by atoms with Gasteiger partial charge in [-0.15, -0.1) is 0 Å².